The van der Waals surface area contributed by atoms with Gasteiger partial charge in [-0.1, -0.05) is 6.92 Å². The van der Waals surface area contributed by atoms with E-state index in [0.29, 0.717) is 29.8 Å². The van der Waals surface area contributed by atoms with Crippen LogP contribution in [-0.2, 0) is 6.54 Å². The van der Waals surface area contributed by atoms with Crippen LogP contribution in [0.25, 0.3) is 0 Å². The summed E-state index contributed by atoms with van der Waals surface area (Å²) in [6.45, 7) is 6.34. The van der Waals surface area contributed by atoms with Crippen LogP contribution in [0.1, 0.15) is 31.7 Å². The molecule has 0 radical (unpaired) electrons. The van der Waals surface area contributed by atoms with Crippen molar-refractivity contribution in [1.29, 1.82) is 0 Å². The molecule has 0 atom stereocenters. The van der Waals surface area contributed by atoms with Crippen LogP contribution in [0.5, 0.6) is 17.2 Å². The third-order valence-corrected chi connectivity index (χ3v) is 4.88. The molecule has 0 spiro atoms. The number of aliphatic imine (C=N–C) groups is 1. The second kappa shape index (κ2) is 10.9. The van der Waals surface area contributed by atoms with Gasteiger partial charge in [-0.05, 0) is 43.5 Å². The quantitative estimate of drug-likeness (QED) is 0.534. The molecule has 7 heteroatoms. The standard InChI is InChI=1S/C20H34N4O3/c1-6-9-24-10-7-16(8-11-24)23-20(21-2)22-14-15-12-17(25-3)19(27-5)18(13-15)26-4/h12-13,16H,6-11,14H2,1-5H3,(H2,21,22,23). The van der Waals surface area contributed by atoms with Gasteiger partial charge in [-0.2, -0.15) is 0 Å². The number of ether oxygens (including phenoxy) is 3. The highest BCUT2D eigenvalue weighted by Crippen LogP contribution is 2.38. The Balaban J connectivity index is 1.92. The van der Waals surface area contributed by atoms with Crippen LogP contribution < -0.4 is 24.8 Å². The third kappa shape index (κ3) is 5.92. The molecule has 0 saturated carbocycles. The van der Waals surface area contributed by atoms with Crippen LogP contribution in [0.3, 0.4) is 0 Å². The van der Waals surface area contributed by atoms with Crippen molar-refractivity contribution in [2.75, 3.05) is 48.0 Å². The number of hydrogen-bond donors (Lipinski definition) is 2. The molecule has 0 aliphatic carbocycles. The van der Waals surface area contributed by atoms with Gasteiger partial charge in [0.25, 0.3) is 0 Å². The molecular weight excluding hydrogens is 344 g/mol. The Morgan fingerprint density at radius 3 is 2.22 bits per heavy atom. The largest absolute Gasteiger partial charge is 0.493 e. The van der Waals surface area contributed by atoms with E-state index in [4.69, 9.17) is 14.2 Å². The van der Waals surface area contributed by atoms with E-state index in [2.05, 4.69) is 27.4 Å². The first kappa shape index (κ1) is 21.2. The molecule has 7 nitrogen and oxygen atoms in total. The minimum atomic E-state index is 0.462. The first-order chi connectivity index (χ1) is 13.1. The number of piperidine rings is 1. The van der Waals surface area contributed by atoms with Crippen molar-refractivity contribution in [3.8, 4) is 17.2 Å². The fourth-order valence-electron chi connectivity index (χ4n) is 3.43. The van der Waals surface area contributed by atoms with Crippen molar-refractivity contribution in [1.82, 2.24) is 15.5 Å². The highest BCUT2D eigenvalue weighted by molar-refractivity contribution is 5.80. The van der Waals surface area contributed by atoms with Gasteiger partial charge in [-0.25, -0.2) is 0 Å². The Bertz CT molecular complexity index is 588. The van der Waals surface area contributed by atoms with Gasteiger partial charge in [0.05, 0.1) is 21.3 Å². The van der Waals surface area contributed by atoms with E-state index in [1.807, 2.05) is 12.1 Å². The predicted molar refractivity (Wildman–Crippen MR) is 109 cm³/mol. The van der Waals surface area contributed by atoms with Gasteiger partial charge in [0.2, 0.25) is 5.75 Å². The van der Waals surface area contributed by atoms with Gasteiger partial charge < -0.3 is 29.7 Å². The number of hydrogen-bond acceptors (Lipinski definition) is 5. The van der Waals surface area contributed by atoms with Gasteiger partial charge in [-0.3, -0.25) is 4.99 Å². The van der Waals surface area contributed by atoms with Crippen molar-refractivity contribution in [3.05, 3.63) is 17.7 Å². The van der Waals surface area contributed by atoms with Crippen LogP contribution in [-0.4, -0.2) is 64.9 Å². The van der Waals surface area contributed by atoms with E-state index in [-0.39, 0.29) is 0 Å². The molecule has 1 heterocycles. The van der Waals surface area contributed by atoms with Crippen LogP contribution in [0.4, 0.5) is 0 Å². The zero-order chi connectivity index (χ0) is 19.6. The summed E-state index contributed by atoms with van der Waals surface area (Å²) >= 11 is 0. The van der Waals surface area contributed by atoms with E-state index in [0.717, 1.165) is 37.5 Å². The van der Waals surface area contributed by atoms with Crippen molar-refractivity contribution >= 4 is 5.96 Å². The molecule has 0 amide bonds. The fourth-order valence-corrected chi connectivity index (χ4v) is 3.43. The molecule has 0 unspecified atom stereocenters. The number of nitrogens with one attached hydrogen (secondary N) is 2. The molecule has 0 bridgehead atoms. The molecule has 1 fully saturated rings. The number of likely N-dealkylation sites (tertiary alicyclic amines) is 1. The molecule has 1 aromatic rings. The van der Waals surface area contributed by atoms with Crippen molar-refractivity contribution in [3.63, 3.8) is 0 Å². The summed E-state index contributed by atoms with van der Waals surface area (Å²) in [5, 5.41) is 6.93. The van der Waals surface area contributed by atoms with E-state index in [1.165, 1.54) is 13.0 Å². The van der Waals surface area contributed by atoms with Crippen LogP contribution in [0.2, 0.25) is 0 Å². The molecule has 2 N–H and O–H groups in total. The molecule has 152 valence electrons. The lowest BCUT2D eigenvalue weighted by Gasteiger charge is -2.32. The normalized spacial score (nSPS) is 16.1. The summed E-state index contributed by atoms with van der Waals surface area (Å²) in [7, 11) is 6.66. The average molecular weight is 379 g/mol. The number of benzene rings is 1. The molecule has 1 aliphatic rings. The molecule has 2 rings (SSSR count). The average Bonchev–Trinajstić information content (AvgIpc) is 2.71. The lowest BCUT2D eigenvalue weighted by Crippen LogP contribution is -2.48. The topological polar surface area (TPSA) is 67.4 Å². The Morgan fingerprint density at radius 2 is 1.74 bits per heavy atom. The lowest BCUT2D eigenvalue weighted by molar-refractivity contribution is 0.206. The number of rotatable bonds is 8. The van der Waals surface area contributed by atoms with Crippen LogP contribution in [0, 0.1) is 0 Å². The summed E-state index contributed by atoms with van der Waals surface area (Å²) in [4.78, 5) is 6.90. The highest BCUT2D eigenvalue weighted by atomic mass is 16.5. The van der Waals surface area contributed by atoms with Crippen LogP contribution >= 0.6 is 0 Å². The zero-order valence-corrected chi connectivity index (χ0v) is 17.3. The van der Waals surface area contributed by atoms with Gasteiger partial charge in [-0.15, -0.1) is 0 Å². The minimum Gasteiger partial charge on any atom is -0.493 e. The summed E-state index contributed by atoms with van der Waals surface area (Å²) < 4.78 is 16.2. The first-order valence-corrected chi connectivity index (χ1v) is 9.63. The SMILES string of the molecule is CCCN1CCC(NC(=NC)NCc2cc(OC)c(OC)c(OC)c2)CC1. The Kier molecular flexibility index (Phi) is 8.51. The molecule has 27 heavy (non-hydrogen) atoms. The predicted octanol–water partition coefficient (Wildman–Crippen LogP) is 2.25. The minimum absolute atomic E-state index is 0.462. The van der Waals surface area contributed by atoms with Crippen molar-refractivity contribution in [2.45, 2.75) is 38.8 Å². The second-order valence-electron chi connectivity index (χ2n) is 6.72. The summed E-state index contributed by atoms with van der Waals surface area (Å²) in [6.07, 6.45) is 3.51. The highest BCUT2D eigenvalue weighted by Gasteiger charge is 2.19. The van der Waals surface area contributed by atoms with Crippen LogP contribution in [0.15, 0.2) is 17.1 Å². The number of guanidine groups is 1. The third-order valence-electron chi connectivity index (χ3n) is 4.88. The lowest BCUT2D eigenvalue weighted by atomic mass is 10.1. The monoisotopic (exact) mass is 378 g/mol. The van der Waals surface area contributed by atoms with E-state index >= 15 is 0 Å². The van der Waals surface area contributed by atoms with E-state index in [9.17, 15) is 0 Å². The number of methoxy groups -OCH3 is 3. The fraction of sp³-hybridized carbons (Fsp3) is 0.650. The summed E-state index contributed by atoms with van der Waals surface area (Å²) in [6, 6.07) is 4.36. The van der Waals surface area contributed by atoms with E-state index < -0.39 is 0 Å². The maximum atomic E-state index is 5.42. The van der Waals surface area contributed by atoms with Crippen molar-refractivity contribution < 1.29 is 14.2 Å². The molecule has 1 saturated heterocycles. The van der Waals surface area contributed by atoms with Gasteiger partial charge in [0, 0.05) is 32.7 Å². The molecular formula is C20H34N4O3. The van der Waals surface area contributed by atoms with E-state index in [1.54, 1.807) is 28.4 Å². The summed E-state index contributed by atoms with van der Waals surface area (Å²) in [5.41, 5.74) is 1.03. The first-order valence-electron chi connectivity index (χ1n) is 9.63. The van der Waals surface area contributed by atoms with Gasteiger partial charge >= 0.3 is 0 Å². The molecule has 0 aromatic heterocycles. The zero-order valence-electron chi connectivity index (χ0n) is 17.3. The smallest absolute Gasteiger partial charge is 0.203 e. The maximum absolute atomic E-state index is 5.42. The second-order valence-corrected chi connectivity index (χ2v) is 6.72. The molecule has 1 aliphatic heterocycles. The Labute approximate surface area is 163 Å². The van der Waals surface area contributed by atoms with Crippen molar-refractivity contribution in [2.24, 2.45) is 4.99 Å². The summed E-state index contributed by atoms with van der Waals surface area (Å²) in [5.74, 6) is 2.72. The number of nitrogens with zero attached hydrogens (tertiary/aromatic N) is 2. The molecule has 1 aromatic carbocycles. The maximum Gasteiger partial charge on any atom is 0.203 e. The Morgan fingerprint density at radius 1 is 1.11 bits per heavy atom. The van der Waals surface area contributed by atoms with Gasteiger partial charge in [0.1, 0.15) is 0 Å². The van der Waals surface area contributed by atoms with Gasteiger partial charge in [0.15, 0.2) is 17.5 Å². The Hall–Kier alpha value is -2.15.